The summed E-state index contributed by atoms with van der Waals surface area (Å²) >= 11 is 6.15. The number of aryl methyl sites for hydroxylation is 1. The van der Waals surface area contributed by atoms with Crippen LogP contribution in [0.25, 0.3) is 5.82 Å². The second-order valence-corrected chi connectivity index (χ2v) is 4.44. The highest BCUT2D eigenvalue weighted by Gasteiger charge is 2.15. The highest BCUT2D eigenvalue weighted by Crippen LogP contribution is 2.22. The second-order valence-electron chi connectivity index (χ2n) is 4.03. The molecule has 5 nitrogen and oxygen atoms in total. The molecule has 0 bridgehead atoms. The number of rotatable bonds is 3. The van der Waals surface area contributed by atoms with Gasteiger partial charge in [-0.25, -0.2) is 9.67 Å². The molecule has 2 rings (SSSR count). The number of halogens is 1. The van der Waals surface area contributed by atoms with E-state index in [-0.39, 0.29) is 0 Å². The first-order valence-electron chi connectivity index (χ1n) is 5.84. The molecule has 6 heteroatoms. The van der Waals surface area contributed by atoms with Crippen molar-refractivity contribution in [2.75, 3.05) is 12.4 Å². The van der Waals surface area contributed by atoms with E-state index in [0.717, 1.165) is 17.8 Å². The van der Waals surface area contributed by atoms with E-state index >= 15 is 0 Å². The Labute approximate surface area is 111 Å². The Hall–Kier alpha value is -1.62. The fourth-order valence-electron chi connectivity index (χ4n) is 2.02. The fourth-order valence-corrected chi connectivity index (χ4v) is 2.19. The highest BCUT2D eigenvalue weighted by atomic mass is 35.5. The zero-order valence-corrected chi connectivity index (χ0v) is 11.7. The van der Waals surface area contributed by atoms with Crippen molar-refractivity contribution < 1.29 is 0 Å². The summed E-state index contributed by atoms with van der Waals surface area (Å²) in [6.45, 7) is 6.13. The van der Waals surface area contributed by atoms with Crippen molar-refractivity contribution in [3.63, 3.8) is 0 Å². The zero-order chi connectivity index (χ0) is 13.3. The minimum absolute atomic E-state index is 0.488. The van der Waals surface area contributed by atoms with Gasteiger partial charge in [0.2, 0.25) is 5.95 Å². The molecule has 0 aliphatic rings. The summed E-state index contributed by atoms with van der Waals surface area (Å²) in [4.78, 5) is 8.42. The van der Waals surface area contributed by atoms with E-state index in [2.05, 4.69) is 27.3 Å². The maximum Gasteiger partial charge on any atom is 0.224 e. The van der Waals surface area contributed by atoms with Gasteiger partial charge in [-0.15, -0.1) is 0 Å². The summed E-state index contributed by atoms with van der Waals surface area (Å²) in [7, 11) is 1.77. The van der Waals surface area contributed by atoms with Gasteiger partial charge in [0.05, 0.1) is 11.9 Å². The van der Waals surface area contributed by atoms with Crippen LogP contribution in [0.2, 0.25) is 5.02 Å². The smallest absolute Gasteiger partial charge is 0.224 e. The normalized spacial score (nSPS) is 10.7. The van der Waals surface area contributed by atoms with E-state index < -0.39 is 0 Å². The molecule has 18 heavy (non-hydrogen) atoms. The first kappa shape index (κ1) is 12.8. The Morgan fingerprint density at radius 2 is 2.11 bits per heavy atom. The Morgan fingerprint density at radius 3 is 2.67 bits per heavy atom. The zero-order valence-electron chi connectivity index (χ0n) is 11.0. The molecule has 0 aromatic carbocycles. The standard InChI is InChI=1S/C12H16ClN5/c1-5-9-7(2)17-18(8(9)3)11-10(13)6-15-12(14-4)16-11/h6H,5H2,1-4H3,(H,14,15,16). The molecular weight excluding hydrogens is 250 g/mol. The number of nitrogens with one attached hydrogen (secondary N) is 1. The number of hydrogen-bond acceptors (Lipinski definition) is 4. The van der Waals surface area contributed by atoms with E-state index in [9.17, 15) is 0 Å². The lowest BCUT2D eigenvalue weighted by Crippen LogP contribution is -2.06. The van der Waals surface area contributed by atoms with Crippen molar-refractivity contribution >= 4 is 17.5 Å². The lowest BCUT2D eigenvalue weighted by molar-refractivity contribution is 0.801. The van der Waals surface area contributed by atoms with Crippen molar-refractivity contribution in [3.8, 4) is 5.82 Å². The molecule has 96 valence electrons. The lowest BCUT2D eigenvalue weighted by Gasteiger charge is -2.07. The first-order valence-corrected chi connectivity index (χ1v) is 6.22. The van der Waals surface area contributed by atoms with Gasteiger partial charge in [0, 0.05) is 12.7 Å². The van der Waals surface area contributed by atoms with Crippen LogP contribution >= 0.6 is 11.6 Å². The van der Waals surface area contributed by atoms with Crippen molar-refractivity contribution in [2.24, 2.45) is 0 Å². The summed E-state index contributed by atoms with van der Waals surface area (Å²) in [5.41, 5.74) is 3.31. The Morgan fingerprint density at radius 1 is 1.39 bits per heavy atom. The SMILES string of the molecule is CCc1c(C)nn(-c2nc(NC)ncc2Cl)c1C. The number of hydrogen-bond donors (Lipinski definition) is 1. The highest BCUT2D eigenvalue weighted by molar-refractivity contribution is 6.32. The van der Waals surface area contributed by atoms with Gasteiger partial charge in [-0.1, -0.05) is 18.5 Å². The van der Waals surface area contributed by atoms with Gasteiger partial charge in [0.1, 0.15) is 5.02 Å². The van der Waals surface area contributed by atoms with Gasteiger partial charge in [-0.3, -0.25) is 0 Å². The van der Waals surface area contributed by atoms with Crippen LogP contribution in [-0.2, 0) is 6.42 Å². The molecule has 2 aromatic heterocycles. The molecule has 0 atom stereocenters. The van der Waals surface area contributed by atoms with Crippen LogP contribution in [0.15, 0.2) is 6.20 Å². The van der Waals surface area contributed by atoms with E-state index in [1.54, 1.807) is 17.9 Å². The van der Waals surface area contributed by atoms with Crippen LogP contribution in [0.5, 0.6) is 0 Å². The summed E-state index contributed by atoms with van der Waals surface area (Å²) in [6.07, 6.45) is 2.52. The molecule has 0 spiro atoms. The molecule has 0 aliphatic carbocycles. The van der Waals surface area contributed by atoms with Crippen molar-refractivity contribution in [2.45, 2.75) is 27.2 Å². The quantitative estimate of drug-likeness (QED) is 0.927. The molecule has 0 saturated heterocycles. The Kier molecular flexibility index (Phi) is 3.52. The summed E-state index contributed by atoms with van der Waals surface area (Å²) < 4.78 is 1.78. The van der Waals surface area contributed by atoms with Crippen LogP contribution in [-0.4, -0.2) is 26.8 Å². The molecule has 2 heterocycles. The number of aromatic nitrogens is 4. The van der Waals surface area contributed by atoms with E-state index in [0.29, 0.717) is 16.8 Å². The van der Waals surface area contributed by atoms with Crippen LogP contribution in [0.1, 0.15) is 23.9 Å². The monoisotopic (exact) mass is 265 g/mol. The molecule has 0 saturated carbocycles. The molecule has 0 unspecified atom stereocenters. The number of anilines is 1. The van der Waals surface area contributed by atoms with Gasteiger partial charge in [-0.2, -0.15) is 10.1 Å². The minimum Gasteiger partial charge on any atom is -0.357 e. The molecule has 1 N–H and O–H groups in total. The third-order valence-corrected chi connectivity index (χ3v) is 3.21. The fraction of sp³-hybridized carbons (Fsp3) is 0.417. The van der Waals surface area contributed by atoms with Crippen LogP contribution in [0.4, 0.5) is 5.95 Å². The molecule has 0 aliphatic heterocycles. The molecule has 0 fully saturated rings. The van der Waals surface area contributed by atoms with Gasteiger partial charge in [0.25, 0.3) is 0 Å². The Balaban J connectivity index is 2.61. The van der Waals surface area contributed by atoms with Gasteiger partial charge in [0.15, 0.2) is 5.82 Å². The largest absolute Gasteiger partial charge is 0.357 e. The van der Waals surface area contributed by atoms with Crippen molar-refractivity contribution in [3.05, 3.63) is 28.2 Å². The summed E-state index contributed by atoms with van der Waals surface area (Å²) in [5, 5.41) is 7.89. The van der Waals surface area contributed by atoms with Gasteiger partial charge >= 0.3 is 0 Å². The third kappa shape index (κ3) is 2.06. The average molecular weight is 266 g/mol. The van der Waals surface area contributed by atoms with Crippen molar-refractivity contribution in [1.29, 1.82) is 0 Å². The predicted octanol–water partition coefficient (Wildman–Crippen LogP) is 2.54. The lowest BCUT2D eigenvalue weighted by atomic mass is 10.1. The molecule has 0 radical (unpaired) electrons. The van der Waals surface area contributed by atoms with Crippen LogP contribution in [0.3, 0.4) is 0 Å². The van der Waals surface area contributed by atoms with E-state index in [1.807, 2.05) is 13.8 Å². The Bertz CT molecular complexity index is 576. The third-order valence-electron chi connectivity index (χ3n) is 2.94. The van der Waals surface area contributed by atoms with Crippen LogP contribution < -0.4 is 5.32 Å². The summed E-state index contributed by atoms with van der Waals surface area (Å²) in [5.74, 6) is 1.14. The minimum atomic E-state index is 0.488. The maximum absolute atomic E-state index is 6.15. The molecule has 2 aromatic rings. The summed E-state index contributed by atoms with van der Waals surface area (Å²) in [6, 6.07) is 0. The number of nitrogens with zero attached hydrogens (tertiary/aromatic N) is 4. The molecule has 0 amide bonds. The van der Waals surface area contributed by atoms with E-state index in [4.69, 9.17) is 11.6 Å². The van der Waals surface area contributed by atoms with Crippen molar-refractivity contribution in [1.82, 2.24) is 19.7 Å². The first-order chi connectivity index (χ1) is 8.58. The van der Waals surface area contributed by atoms with E-state index in [1.165, 1.54) is 5.56 Å². The maximum atomic E-state index is 6.15. The predicted molar refractivity (Wildman–Crippen MR) is 72.6 cm³/mol. The van der Waals surface area contributed by atoms with Crippen LogP contribution in [0, 0.1) is 13.8 Å². The van der Waals surface area contributed by atoms with Gasteiger partial charge < -0.3 is 5.32 Å². The topological polar surface area (TPSA) is 55.6 Å². The molecular formula is C12H16ClN5. The second kappa shape index (κ2) is 4.94. The van der Waals surface area contributed by atoms with Gasteiger partial charge in [-0.05, 0) is 25.8 Å². The average Bonchev–Trinajstić information content (AvgIpc) is 2.65.